The molecule has 0 saturated carbocycles. The molecule has 2 aromatic heterocycles. The third kappa shape index (κ3) is 6.45. The van der Waals surface area contributed by atoms with E-state index in [4.69, 9.17) is 8.83 Å². The quantitative estimate of drug-likeness (QED) is 0.135. The zero-order chi connectivity index (χ0) is 47.2. The molecule has 0 aliphatic carbocycles. The molecule has 0 N–H and O–H groups in total. The number of rotatable bonds is 9. The summed E-state index contributed by atoms with van der Waals surface area (Å²) in [6.45, 7) is 4.56. The van der Waals surface area contributed by atoms with Crippen LogP contribution in [-0.2, 0) is 0 Å². The van der Waals surface area contributed by atoms with Crippen molar-refractivity contribution in [1.82, 2.24) is 0 Å². The van der Waals surface area contributed by atoms with Crippen molar-refractivity contribution in [1.29, 1.82) is 0 Å². The summed E-state index contributed by atoms with van der Waals surface area (Å²) in [5.74, 6) is 0.378. The van der Waals surface area contributed by atoms with Crippen molar-refractivity contribution >= 4 is 110 Å². The van der Waals surface area contributed by atoms with Crippen LogP contribution in [0.1, 0.15) is 25.3 Å². The standard InChI is InChI=1S/C67H46N2O2/c1-42(2)47-39-45-35-37-56-60(68(48-23-11-5-12-24-48)58-33-17-31-54-52-29-15-27-50(64(52)70-66(54)58)43-19-7-3-8-20-43)41-61(57-38-36-46(40-47)62(45)63(56)57)69(49-25-13-6-14-26-49)59-34-18-32-55-53-30-16-28-51(65(53)71-67(55)59)44-21-9-4-10-22-44/h3-42H,1-2H3. The minimum atomic E-state index is 0.378. The van der Waals surface area contributed by atoms with Crippen LogP contribution in [0.4, 0.5) is 34.1 Å². The molecule has 0 atom stereocenters. The lowest BCUT2D eigenvalue weighted by Crippen LogP contribution is -2.15. The van der Waals surface area contributed by atoms with Crippen LogP contribution in [0.5, 0.6) is 0 Å². The monoisotopic (exact) mass is 910 g/mol. The summed E-state index contributed by atoms with van der Waals surface area (Å²) >= 11 is 0. The van der Waals surface area contributed by atoms with Crippen LogP contribution in [0.15, 0.2) is 245 Å². The zero-order valence-corrected chi connectivity index (χ0v) is 39.3. The maximum atomic E-state index is 7.22. The molecular weight excluding hydrogens is 865 g/mol. The van der Waals surface area contributed by atoms with E-state index in [1.54, 1.807) is 0 Å². The SMILES string of the molecule is CC(C)c1cc2ccc3c(N(c4ccccc4)c4cccc5c4oc4c(-c6ccccc6)cccc45)cc(N(c4ccccc4)c4cccc5c4oc4c(-c6ccccc6)cccc45)c4ccc(c1)c2c34. The summed E-state index contributed by atoms with van der Waals surface area (Å²) in [5.41, 5.74) is 15.1. The Labute approximate surface area is 411 Å². The highest BCUT2D eigenvalue weighted by Crippen LogP contribution is 2.53. The number of anilines is 6. The second-order valence-electron chi connectivity index (χ2n) is 19.0. The molecule has 14 aromatic rings. The Hall–Kier alpha value is -9.12. The number of hydrogen-bond donors (Lipinski definition) is 0. The van der Waals surface area contributed by atoms with E-state index in [9.17, 15) is 0 Å². The number of benzene rings is 12. The molecule has 0 spiro atoms. The average molecular weight is 911 g/mol. The molecule has 0 bridgehead atoms. The van der Waals surface area contributed by atoms with E-state index in [0.717, 1.165) is 111 Å². The first-order valence-electron chi connectivity index (χ1n) is 24.5. The van der Waals surface area contributed by atoms with Crippen molar-refractivity contribution in [3.63, 3.8) is 0 Å². The van der Waals surface area contributed by atoms with Crippen molar-refractivity contribution in [2.75, 3.05) is 9.80 Å². The fraction of sp³-hybridized carbons (Fsp3) is 0.0448. The van der Waals surface area contributed by atoms with E-state index in [2.05, 4.69) is 260 Å². The van der Waals surface area contributed by atoms with Crippen LogP contribution in [-0.4, -0.2) is 0 Å². The van der Waals surface area contributed by atoms with Gasteiger partial charge in [-0.15, -0.1) is 0 Å². The van der Waals surface area contributed by atoms with Crippen molar-refractivity contribution in [2.24, 2.45) is 0 Å². The zero-order valence-electron chi connectivity index (χ0n) is 39.3. The molecule has 14 rings (SSSR count). The molecule has 4 nitrogen and oxygen atoms in total. The first-order chi connectivity index (χ1) is 35.1. The van der Waals surface area contributed by atoms with Crippen molar-refractivity contribution in [3.05, 3.63) is 242 Å². The van der Waals surface area contributed by atoms with Crippen LogP contribution < -0.4 is 9.80 Å². The average Bonchev–Trinajstić information content (AvgIpc) is 4.02. The first kappa shape index (κ1) is 40.9. The smallest absolute Gasteiger partial charge is 0.159 e. The van der Waals surface area contributed by atoms with Gasteiger partial charge in [0.15, 0.2) is 11.2 Å². The predicted molar refractivity (Wildman–Crippen MR) is 299 cm³/mol. The van der Waals surface area contributed by atoms with E-state index in [0.29, 0.717) is 5.92 Å². The van der Waals surface area contributed by atoms with Crippen molar-refractivity contribution in [3.8, 4) is 22.3 Å². The minimum absolute atomic E-state index is 0.378. The van der Waals surface area contributed by atoms with Crippen LogP contribution in [0.2, 0.25) is 0 Å². The van der Waals surface area contributed by atoms with E-state index in [-0.39, 0.29) is 0 Å². The molecule has 0 radical (unpaired) electrons. The van der Waals surface area contributed by atoms with Crippen molar-refractivity contribution in [2.45, 2.75) is 19.8 Å². The van der Waals surface area contributed by atoms with Crippen molar-refractivity contribution < 1.29 is 8.83 Å². The highest BCUT2D eigenvalue weighted by atomic mass is 16.3. The predicted octanol–water partition coefficient (Wildman–Crippen LogP) is 19.8. The number of nitrogens with zero attached hydrogens (tertiary/aromatic N) is 2. The van der Waals surface area contributed by atoms with Gasteiger partial charge in [0.2, 0.25) is 0 Å². The molecule has 0 aliphatic heterocycles. The number of hydrogen-bond acceptors (Lipinski definition) is 4. The summed E-state index contributed by atoms with van der Waals surface area (Å²) < 4.78 is 14.4. The lowest BCUT2D eigenvalue weighted by Gasteiger charge is -2.32. The molecule has 0 fully saturated rings. The lowest BCUT2D eigenvalue weighted by atomic mass is 9.88. The van der Waals surface area contributed by atoms with Crippen LogP contribution in [0.25, 0.3) is 98.4 Å². The van der Waals surface area contributed by atoms with Gasteiger partial charge < -0.3 is 18.6 Å². The van der Waals surface area contributed by atoms with Gasteiger partial charge in [-0.2, -0.15) is 0 Å². The molecule has 0 saturated heterocycles. The second kappa shape index (κ2) is 16.3. The molecule has 12 aromatic carbocycles. The topological polar surface area (TPSA) is 32.8 Å². The van der Waals surface area contributed by atoms with Gasteiger partial charge in [-0.1, -0.05) is 208 Å². The second-order valence-corrected chi connectivity index (χ2v) is 19.0. The Morgan fingerprint density at radius 3 is 1.13 bits per heavy atom. The Bertz CT molecular complexity index is 4040. The Kier molecular flexibility index (Phi) is 9.37. The van der Waals surface area contributed by atoms with E-state index in [1.165, 1.54) is 27.1 Å². The van der Waals surface area contributed by atoms with E-state index in [1.807, 2.05) is 0 Å². The normalized spacial score (nSPS) is 11.9. The van der Waals surface area contributed by atoms with Gasteiger partial charge in [0, 0.05) is 60.2 Å². The summed E-state index contributed by atoms with van der Waals surface area (Å²) in [7, 11) is 0. The molecule has 336 valence electrons. The fourth-order valence-corrected chi connectivity index (χ4v) is 11.2. The lowest BCUT2D eigenvalue weighted by molar-refractivity contribution is 0.670. The summed E-state index contributed by atoms with van der Waals surface area (Å²) in [6, 6.07) is 85.2. The van der Waals surface area contributed by atoms with Gasteiger partial charge in [-0.25, -0.2) is 0 Å². The highest BCUT2D eigenvalue weighted by molar-refractivity contribution is 6.30. The van der Waals surface area contributed by atoms with Crippen LogP contribution in [0, 0.1) is 0 Å². The van der Waals surface area contributed by atoms with Crippen LogP contribution >= 0.6 is 0 Å². The third-order valence-corrected chi connectivity index (χ3v) is 14.5. The Balaban J connectivity index is 1.10. The molecule has 4 heteroatoms. The fourth-order valence-electron chi connectivity index (χ4n) is 11.2. The van der Waals surface area contributed by atoms with Gasteiger partial charge in [0.05, 0.1) is 22.7 Å². The maximum absolute atomic E-state index is 7.22. The Morgan fingerprint density at radius 1 is 0.310 bits per heavy atom. The summed E-state index contributed by atoms with van der Waals surface area (Å²) in [5, 5.41) is 11.5. The molecular formula is C67H46N2O2. The molecule has 71 heavy (non-hydrogen) atoms. The van der Waals surface area contributed by atoms with Crippen LogP contribution in [0.3, 0.4) is 0 Å². The van der Waals surface area contributed by atoms with Gasteiger partial charge >= 0.3 is 0 Å². The van der Waals surface area contributed by atoms with Gasteiger partial charge in [-0.05, 0) is 81.2 Å². The minimum Gasteiger partial charge on any atom is -0.453 e. The van der Waals surface area contributed by atoms with Gasteiger partial charge in [0.25, 0.3) is 0 Å². The molecule has 0 unspecified atom stereocenters. The van der Waals surface area contributed by atoms with Gasteiger partial charge in [0.1, 0.15) is 11.2 Å². The van der Waals surface area contributed by atoms with E-state index >= 15 is 0 Å². The highest BCUT2D eigenvalue weighted by Gasteiger charge is 2.29. The largest absolute Gasteiger partial charge is 0.453 e. The third-order valence-electron chi connectivity index (χ3n) is 14.5. The first-order valence-corrected chi connectivity index (χ1v) is 24.5. The molecule has 0 aliphatic rings. The molecule has 0 amide bonds. The maximum Gasteiger partial charge on any atom is 0.159 e. The summed E-state index contributed by atoms with van der Waals surface area (Å²) in [6.07, 6.45) is 0. The summed E-state index contributed by atoms with van der Waals surface area (Å²) in [4.78, 5) is 4.83. The Morgan fingerprint density at radius 2 is 0.704 bits per heavy atom. The number of fused-ring (bicyclic) bond motifs is 6. The number of furan rings is 2. The number of para-hydroxylation sites is 6. The van der Waals surface area contributed by atoms with E-state index < -0.39 is 0 Å². The molecule has 2 heterocycles. The van der Waals surface area contributed by atoms with Gasteiger partial charge in [-0.3, -0.25) is 0 Å².